The molecule has 1 aliphatic rings. The van der Waals surface area contributed by atoms with Gasteiger partial charge in [0.25, 0.3) is 0 Å². The number of fused-ring (bicyclic) bond motifs is 1. The molecule has 0 aliphatic carbocycles. The van der Waals surface area contributed by atoms with Gasteiger partial charge in [0.05, 0.1) is 29.1 Å². The SMILES string of the molecule is COc1cc(C(c2cccc(C)c2)c2c(O)ccc3c2OCOC3)c(Oc2c(Br)cc(CC(=O)O)cc2Br)cc1C(C)C. The average molecular weight is 712 g/mol. The maximum absolute atomic E-state index is 11.4. The van der Waals surface area contributed by atoms with Crippen LogP contribution in [0.2, 0.25) is 0 Å². The van der Waals surface area contributed by atoms with Crippen molar-refractivity contribution in [3.63, 3.8) is 0 Å². The monoisotopic (exact) mass is 710 g/mol. The van der Waals surface area contributed by atoms with Crippen molar-refractivity contribution < 1.29 is 34.0 Å². The number of methoxy groups -OCH3 is 1. The lowest BCUT2D eigenvalue weighted by atomic mass is 9.81. The predicted molar refractivity (Wildman–Crippen MR) is 171 cm³/mol. The van der Waals surface area contributed by atoms with E-state index < -0.39 is 11.9 Å². The average Bonchev–Trinajstić information content (AvgIpc) is 2.96. The van der Waals surface area contributed by atoms with Crippen molar-refractivity contribution >= 4 is 37.8 Å². The number of carbonyl (C=O) groups is 1. The highest BCUT2D eigenvalue weighted by Gasteiger charge is 2.32. The number of benzene rings is 4. The summed E-state index contributed by atoms with van der Waals surface area (Å²) in [7, 11) is 1.64. The zero-order valence-corrected chi connectivity index (χ0v) is 27.4. The molecule has 0 bridgehead atoms. The Kier molecular flexibility index (Phi) is 9.34. The highest BCUT2D eigenvalue weighted by Crippen LogP contribution is 2.51. The fourth-order valence-corrected chi connectivity index (χ4v) is 6.87. The van der Waals surface area contributed by atoms with Gasteiger partial charge in [-0.1, -0.05) is 43.7 Å². The van der Waals surface area contributed by atoms with Gasteiger partial charge in [-0.05, 0) is 92.2 Å². The second-order valence-electron chi connectivity index (χ2n) is 10.8. The molecule has 0 amide bonds. The maximum Gasteiger partial charge on any atom is 0.307 e. The van der Waals surface area contributed by atoms with Crippen LogP contribution < -0.4 is 14.2 Å². The summed E-state index contributed by atoms with van der Waals surface area (Å²) in [4.78, 5) is 11.4. The summed E-state index contributed by atoms with van der Waals surface area (Å²) in [5.41, 5.74) is 5.74. The number of ether oxygens (including phenoxy) is 4. The molecule has 0 fully saturated rings. The number of hydrogen-bond donors (Lipinski definition) is 2. The summed E-state index contributed by atoms with van der Waals surface area (Å²) in [6.45, 7) is 6.63. The molecule has 9 heteroatoms. The van der Waals surface area contributed by atoms with Crippen LogP contribution in [0.1, 0.15) is 64.6 Å². The Hall–Kier alpha value is -3.53. The van der Waals surface area contributed by atoms with E-state index in [2.05, 4.69) is 51.8 Å². The van der Waals surface area contributed by atoms with Crippen molar-refractivity contribution in [1.82, 2.24) is 0 Å². The van der Waals surface area contributed by atoms with Crippen LogP contribution in [-0.2, 0) is 22.6 Å². The van der Waals surface area contributed by atoms with Crippen LogP contribution in [0.3, 0.4) is 0 Å². The molecule has 5 rings (SSSR count). The van der Waals surface area contributed by atoms with Crippen molar-refractivity contribution in [2.45, 2.75) is 45.6 Å². The number of phenols is 1. The van der Waals surface area contributed by atoms with Crippen LogP contribution in [0.5, 0.6) is 28.7 Å². The van der Waals surface area contributed by atoms with Crippen molar-refractivity contribution in [1.29, 1.82) is 0 Å². The van der Waals surface area contributed by atoms with Crippen LogP contribution in [0.15, 0.2) is 69.6 Å². The van der Waals surface area contributed by atoms with E-state index in [4.69, 9.17) is 18.9 Å². The molecule has 1 atom stereocenters. The molecule has 0 spiro atoms. The smallest absolute Gasteiger partial charge is 0.307 e. The number of aliphatic carboxylic acids is 1. The first-order valence-electron chi connectivity index (χ1n) is 13.8. The number of hydrogen-bond acceptors (Lipinski definition) is 6. The summed E-state index contributed by atoms with van der Waals surface area (Å²) in [6.07, 6.45) is -0.125. The molecule has 4 aromatic rings. The minimum absolute atomic E-state index is 0.0749. The standard InChI is InChI=1S/C34H32Br2O7/c1-18(2)23-14-29(43-34-25(35)11-20(12-26(34)36)13-30(38)39)24(15-28(23)40-4)31(21-7-5-6-19(3)10-21)32-27(37)9-8-22-16-41-17-42-33(22)32/h5-12,14-15,18,31,37H,13,16-17H2,1-4H3,(H,38,39). The van der Waals surface area contributed by atoms with Crippen LogP contribution in [-0.4, -0.2) is 30.1 Å². The number of carboxylic acids is 1. The van der Waals surface area contributed by atoms with Gasteiger partial charge in [0.1, 0.15) is 23.0 Å². The van der Waals surface area contributed by atoms with Crippen LogP contribution >= 0.6 is 31.9 Å². The lowest BCUT2D eigenvalue weighted by Gasteiger charge is -2.29. The predicted octanol–water partition coefficient (Wildman–Crippen LogP) is 8.82. The van der Waals surface area contributed by atoms with E-state index in [1.807, 2.05) is 43.3 Å². The number of carboxylic acid groups (broad SMARTS) is 1. The normalized spacial score (nSPS) is 13.3. The second kappa shape index (κ2) is 13.0. The number of aromatic hydroxyl groups is 1. The van der Waals surface area contributed by atoms with Crippen LogP contribution in [0.25, 0.3) is 0 Å². The summed E-state index contributed by atoms with van der Waals surface area (Å²) in [5.74, 6) is 1.08. The first-order valence-corrected chi connectivity index (χ1v) is 15.4. The number of rotatable bonds is 9. The molecular formula is C34H32Br2O7. The van der Waals surface area contributed by atoms with Gasteiger partial charge in [0, 0.05) is 28.2 Å². The Balaban J connectivity index is 1.79. The van der Waals surface area contributed by atoms with E-state index in [0.717, 1.165) is 27.8 Å². The zero-order valence-electron chi connectivity index (χ0n) is 24.2. The van der Waals surface area contributed by atoms with Gasteiger partial charge in [0.2, 0.25) is 0 Å². The zero-order chi connectivity index (χ0) is 30.8. The van der Waals surface area contributed by atoms with E-state index in [1.54, 1.807) is 25.3 Å². The maximum atomic E-state index is 11.4. The summed E-state index contributed by atoms with van der Waals surface area (Å²) >= 11 is 7.19. The largest absolute Gasteiger partial charge is 0.507 e. The lowest BCUT2D eigenvalue weighted by Crippen LogP contribution is -2.16. The van der Waals surface area contributed by atoms with Gasteiger partial charge in [-0.3, -0.25) is 4.79 Å². The lowest BCUT2D eigenvalue weighted by molar-refractivity contribution is -0.136. The van der Waals surface area contributed by atoms with E-state index in [-0.39, 0.29) is 24.9 Å². The van der Waals surface area contributed by atoms with Crippen LogP contribution in [0, 0.1) is 6.92 Å². The first-order chi connectivity index (χ1) is 20.6. The molecule has 0 aromatic heterocycles. The topological polar surface area (TPSA) is 94.5 Å². The number of aryl methyl sites for hydroxylation is 1. The Morgan fingerprint density at radius 2 is 1.72 bits per heavy atom. The molecule has 2 N–H and O–H groups in total. The van der Waals surface area contributed by atoms with Gasteiger partial charge < -0.3 is 29.2 Å². The fraction of sp³-hybridized carbons (Fsp3) is 0.265. The summed E-state index contributed by atoms with van der Waals surface area (Å²) < 4.78 is 25.4. The van der Waals surface area contributed by atoms with E-state index >= 15 is 0 Å². The van der Waals surface area contributed by atoms with E-state index in [0.29, 0.717) is 49.7 Å². The molecule has 1 aliphatic heterocycles. The highest BCUT2D eigenvalue weighted by molar-refractivity contribution is 9.11. The molecule has 7 nitrogen and oxygen atoms in total. The van der Waals surface area contributed by atoms with Gasteiger partial charge in [-0.2, -0.15) is 0 Å². The van der Waals surface area contributed by atoms with Gasteiger partial charge in [0.15, 0.2) is 12.5 Å². The van der Waals surface area contributed by atoms with Gasteiger partial charge >= 0.3 is 5.97 Å². The van der Waals surface area contributed by atoms with Crippen molar-refractivity contribution in [2.75, 3.05) is 13.9 Å². The van der Waals surface area contributed by atoms with E-state index in [9.17, 15) is 15.0 Å². The summed E-state index contributed by atoms with van der Waals surface area (Å²) in [5, 5.41) is 20.7. The Morgan fingerprint density at radius 1 is 1.00 bits per heavy atom. The summed E-state index contributed by atoms with van der Waals surface area (Å²) in [6, 6.07) is 19.0. The Morgan fingerprint density at radius 3 is 2.37 bits per heavy atom. The first kappa shape index (κ1) is 30.9. The Labute approximate surface area is 267 Å². The molecule has 0 saturated heterocycles. The molecule has 43 heavy (non-hydrogen) atoms. The molecule has 1 heterocycles. The quantitative estimate of drug-likeness (QED) is 0.168. The third-order valence-electron chi connectivity index (χ3n) is 7.38. The van der Waals surface area contributed by atoms with Gasteiger partial charge in [-0.25, -0.2) is 0 Å². The van der Waals surface area contributed by atoms with E-state index in [1.165, 1.54) is 0 Å². The minimum Gasteiger partial charge on any atom is -0.507 e. The van der Waals surface area contributed by atoms with Crippen LogP contribution in [0.4, 0.5) is 0 Å². The van der Waals surface area contributed by atoms with Crippen molar-refractivity contribution in [3.8, 4) is 28.7 Å². The molecular weight excluding hydrogens is 680 g/mol. The minimum atomic E-state index is -0.925. The number of halogens is 2. The van der Waals surface area contributed by atoms with Crippen molar-refractivity contribution in [2.24, 2.45) is 0 Å². The third kappa shape index (κ3) is 6.54. The van der Waals surface area contributed by atoms with Gasteiger partial charge in [-0.15, -0.1) is 0 Å². The molecule has 224 valence electrons. The molecule has 0 saturated carbocycles. The molecule has 0 radical (unpaired) electrons. The highest BCUT2D eigenvalue weighted by atomic mass is 79.9. The Bertz CT molecular complexity index is 1660. The molecule has 4 aromatic carbocycles. The second-order valence-corrected chi connectivity index (χ2v) is 12.5. The fourth-order valence-electron chi connectivity index (χ4n) is 5.43. The van der Waals surface area contributed by atoms with Crippen molar-refractivity contribution in [3.05, 3.63) is 109 Å². The molecule has 1 unspecified atom stereocenters. The third-order valence-corrected chi connectivity index (χ3v) is 8.56. The number of phenolic OH excluding ortho intramolecular Hbond substituents is 1.